The van der Waals surface area contributed by atoms with E-state index in [4.69, 9.17) is 16.6 Å². The summed E-state index contributed by atoms with van der Waals surface area (Å²) < 4.78 is 0. The molecule has 2 aromatic rings. The molecule has 1 aromatic carbocycles. The molecule has 0 saturated heterocycles. The normalized spacial score (nSPS) is 14.3. The van der Waals surface area contributed by atoms with Gasteiger partial charge in [0.25, 0.3) is 0 Å². The minimum Gasteiger partial charge on any atom is -0.481 e. The van der Waals surface area contributed by atoms with Gasteiger partial charge < -0.3 is 42.6 Å². The van der Waals surface area contributed by atoms with Crippen LogP contribution in [0.5, 0.6) is 0 Å². The highest BCUT2D eigenvalue weighted by Crippen LogP contribution is 2.19. The average molecular weight is 547 g/mol. The lowest BCUT2D eigenvalue weighted by atomic mass is 10.0. The van der Waals surface area contributed by atoms with Crippen molar-refractivity contribution in [2.24, 2.45) is 17.4 Å². The minimum atomic E-state index is -1.69. The Morgan fingerprint density at radius 2 is 1.51 bits per heavy atom. The summed E-state index contributed by atoms with van der Waals surface area (Å²) in [6.07, 6.45) is 2.07. The van der Waals surface area contributed by atoms with Crippen LogP contribution in [-0.2, 0) is 30.4 Å². The first-order chi connectivity index (χ1) is 18.4. The highest BCUT2D eigenvalue weighted by Gasteiger charge is 2.31. The standard InChI is InChI=1S/C26H38N6O7/c1-14(2)22(28)25(37)31-19(11-15-13-29-17-8-4-3-7-16(15)17)24(36)30-18(9-5-6-10-27)23(35)32-20(26(38)39)12-21(33)34/h3-4,7-8,13-14,18-20,22,29H,5-6,9-12,27-28H2,1-2H3,(H,30,36)(H,31,37)(H,32,35)(H,33,34)(H,38,39). The fourth-order valence-corrected chi connectivity index (χ4v) is 3.98. The van der Waals surface area contributed by atoms with Gasteiger partial charge in [0.15, 0.2) is 0 Å². The molecule has 0 aliphatic heterocycles. The van der Waals surface area contributed by atoms with Crippen LogP contribution >= 0.6 is 0 Å². The van der Waals surface area contributed by atoms with Crippen LogP contribution in [0.2, 0.25) is 0 Å². The molecule has 3 amide bonds. The van der Waals surface area contributed by atoms with Gasteiger partial charge in [0.05, 0.1) is 12.5 Å². The SMILES string of the molecule is CC(C)C(N)C(=O)NC(Cc1c[nH]c2ccccc12)C(=O)NC(CCCCN)C(=O)NC(CC(=O)O)C(=O)O. The van der Waals surface area contributed by atoms with Crippen molar-refractivity contribution in [1.29, 1.82) is 0 Å². The number of carboxylic acid groups (broad SMARTS) is 2. The monoisotopic (exact) mass is 546 g/mol. The Morgan fingerprint density at radius 1 is 0.897 bits per heavy atom. The Balaban J connectivity index is 2.30. The summed E-state index contributed by atoms with van der Waals surface area (Å²) in [6, 6.07) is 2.57. The number of aliphatic carboxylic acids is 2. The van der Waals surface area contributed by atoms with E-state index in [1.54, 1.807) is 20.0 Å². The summed E-state index contributed by atoms with van der Waals surface area (Å²) in [5, 5.41) is 26.6. The predicted octanol–water partition coefficient (Wildman–Crippen LogP) is -0.164. The maximum absolute atomic E-state index is 13.5. The van der Waals surface area contributed by atoms with E-state index in [2.05, 4.69) is 20.9 Å². The molecule has 13 nitrogen and oxygen atoms in total. The van der Waals surface area contributed by atoms with Crippen LogP contribution in [0, 0.1) is 5.92 Å². The molecular formula is C26H38N6O7. The lowest BCUT2D eigenvalue weighted by Crippen LogP contribution is -2.58. The fraction of sp³-hybridized carbons (Fsp3) is 0.500. The quantitative estimate of drug-likeness (QED) is 0.131. The molecule has 4 unspecified atom stereocenters. The summed E-state index contributed by atoms with van der Waals surface area (Å²) in [7, 11) is 0. The molecule has 10 N–H and O–H groups in total. The van der Waals surface area contributed by atoms with Crippen molar-refractivity contribution in [2.45, 2.75) is 70.1 Å². The molecule has 13 heteroatoms. The summed E-state index contributed by atoms with van der Waals surface area (Å²) in [4.78, 5) is 64.9. The summed E-state index contributed by atoms with van der Waals surface area (Å²) in [5.74, 6) is -5.20. The van der Waals surface area contributed by atoms with Crippen LogP contribution in [0.1, 0.15) is 45.1 Å². The van der Waals surface area contributed by atoms with Gasteiger partial charge >= 0.3 is 11.9 Å². The molecule has 0 aliphatic carbocycles. The Bertz CT molecular complexity index is 1160. The van der Waals surface area contributed by atoms with Gasteiger partial charge in [-0.1, -0.05) is 32.0 Å². The number of amides is 3. The Kier molecular flexibility index (Phi) is 11.9. The number of H-pyrrole nitrogens is 1. The van der Waals surface area contributed by atoms with Crippen molar-refractivity contribution in [2.75, 3.05) is 6.54 Å². The predicted molar refractivity (Wildman–Crippen MR) is 143 cm³/mol. The molecule has 0 spiro atoms. The minimum absolute atomic E-state index is 0.0836. The number of rotatable bonds is 16. The van der Waals surface area contributed by atoms with Crippen molar-refractivity contribution < 1.29 is 34.2 Å². The molecule has 0 fully saturated rings. The van der Waals surface area contributed by atoms with Gasteiger partial charge in [0.2, 0.25) is 17.7 Å². The molecule has 0 aliphatic rings. The Labute approximate surface area is 226 Å². The number of hydrogen-bond donors (Lipinski definition) is 8. The second-order valence-electron chi connectivity index (χ2n) is 9.74. The van der Waals surface area contributed by atoms with Crippen LogP contribution in [0.3, 0.4) is 0 Å². The van der Waals surface area contributed by atoms with E-state index in [1.807, 2.05) is 24.3 Å². The molecule has 0 radical (unpaired) electrons. The summed E-state index contributed by atoms with van der Waals surface area (Å²) in [6.45, 7) is 3.88. The van der Waals surface area contributed by atoms with Crippen molar-refractivity contribution in [3.05, 3.63) is 36.0 Å². The number of benzene rings is 1. The third-order valence-corrected chi connectivity index (χ3v) is 6.33. The molecule has 0 saturated carbocycles. The number of fused-ring (bicyclic) bond motifs is 1. The van der Waals surface area contributed by atoms with Crippen LogP contribution in [0.15, 0.2) is 30.5 Å². The number of unbranched alkanes of at least 4 members (excludes halogenated alkanes) is 1. The molecule has 0 bridgehead atoms. The van der Waals surface area contributed by atoms with Gasteiger partial charge in [-0.2, -0.15) is 0 Å². The Hall–Kier alpha value is -3.97. The number of hydrogen-bond acceptors (Lipinski definition) is 7. The maximum Gasteiger partial charge on any atom is 0.326 e. The number of carbonyl (C=O) groups excluding carboxylic acids is 3. The third-order valence-electron chi connectivity index (χ3n) is 6.33. The van der Waals surface area contributed by atoms with E-state index >= 15 is 0 Å². The smallest absolute Gasteiger partial charge is 0.326 e. The molecule has 2 rings (SSSR count). The van der Waals surface area contributed by atoms with Gasteiger partial charge in [-0.3, -0.25) is 19.2 Å². The topological polar surface area (TPSA) is 230 Å². The van der Waals surface area contributed by atoms with Crippen molar-refractivity contribution >= 4 is 40.6 Å². The summed E-state index contributed by atoms with van der Waals surface area (Å²) in [5.41, 5.74) is 13.1. The van der Waals surface area contributed by atoms with Crippen LogP contribution in [-0.4, -0.2) is 75.6 Å². The maximum atomic E-state index is 13.5. The average Bonchev–Trinajstić information content (AvgIpc) is 3.29. The highest BCUT2D eigenvalue weighted by atomic mass is 16.4. The van der Waals surface area contributed by atoms with Crippen LogP contribution < -0.4 is 27.4 Å². The second kappa shape index (κ2) is 14.8. The lowest BCUT2D eigenvalue weighted by molar-refractivity contribution is -0.147. The second-order valence-corrected chi connectivity index (χ2v) is 9.74. The van der Waals surface area contributed by atoms with Crippen molar-refractivity contribution in [3.8, 4) is 0 Å². The number of carboxylic acids is 2. The van der Waals surface area contributed by atoms with Crippen molar-refractivity contribution in [1.82, 2.24) is 20.9 Å². The molecule has 1 heterocycles. The largest absolute Gasteiger partial charge is 0.481 e. The fourth-order valence-electron chi connectivity index (χ4n) is 3.98. The first-order valence-electron chi connectivity index (χ1n) is 12.8. The number of carbonyl (C=O) groups is 5. The lowest BCUT2D eigenvalue weighted by Gasteiger charge is -2.25. The number of aromatic amines is 1. The molecule has 214 valence electrons. The molecule has 39 heavy (non-hydrogen) atoms. The summed E-state index contributed by atoms with van der Waals surface area (Å²) >= 11 is 0. The zero-order valence-electron chi connectivity index (χ0n) is 22.1. The van der Waals surface area contributed by atoms with E-state index < -0.39 is 60.2 Å². The zero-order valence-corrected chi connectivity index (χ0v) is 22.1. The number of aromatic nitrogens is 1. The number of nitrogens with one attached hydrogen (secondary N) is 4. The molecule has 1 aromatic heterocycles. The van der Waals surface area contributed by atoms with E-state index in [0.29, 0.717) is 19.4 Å². The van der Waals surface area contributed by atoms with Crippen LogP contribution in [0.25, 0.3) is 10.9 Å². The number of para-hydroxylation sites is 1. The van der Waals surface area contributed by atoms with Gasteiger partial charge in [-0.25, -0.2) is 4.79 Å². The van der Waals surface area contributed by atoms with Gasteiger partial charge in [-0.15, -0.1) is 0 Å². The van der Waals surface area contributed by atoms with Crippen LogP contribution in [0.4, 0.5) is 0 Å². The Morgan fingerprint density at radius 3 is 2.13 bits per heavy atom. The molecule has 4 atom stereocenters. The van der Waals surface area contributed by atoms with Crippen molar-refractivity contribution in [3.63, 3.8) is 0 Å². The zero-order chi connectivity index (χ0) is 29.1. The highest BCUT2D eigenvalue weighted by molar-refractivity contribution is 5.95. The molecular weight excluding hydrogens is 508 g/mol. The third kappa shape index (κ3) is 9.37. The van der Waals surface area contributed by atoms with E-state index in [-0.39, 0.29) is 18.8 Å². The first-order valence-corrected chi connectivity index (χ1v) is 12.8. The number of nitrogens with two attached hydrogens (primary N) is 2. The first kappa shape index (κ1) is 31.2. The van der Waals surface area contributed by atoms with E-state index in [0.717, 1.165) is 16.5 Å². The van der Waals surface area contributed by atoms with Gasteiger partial charge in [-0.05, 0) is 43.4 Å². The van der Waals surface area contributed by atoms with Gasteiger partial charge in [0.1, 0.15) is 18.1 Å². The van der Waals surface area contributed by atoms with Gasteiger partial charge in [0, 0.05) is 23.5 Å². The van der Waals surface area contributed by atoms with E-state index in [9.17, 15) is 29.1 Å². The van der Waals surface area contributed by atoms with E-state index in [1.165, 1.54) is 0 Å².